The van der Waals surface area contributed by atoms with E-state index in [1.165, 1.54) is 231 Å². The van der Waals surface area contributed by atoms with Crippen LogP contribution in [0, 0.1) is 0 Å². The normalized spacial score (nSPS) is 12.0. The van der Waals surface area contributed by atoms with E-state index in [0.717, 1.165) is 57.8 Å². The molecule has 6 heteroatoms. The Kier molecular flexibility index (Phi) is 53.2. The zero-order valence-corrected chi connectivity index (χ0v) is 44.0. The number of unbranched alkanes of at least 4 members (excludes halogenated alkanes) is 41. The first kappa shape index (κ1) is 63.1. The molecule has 0 aromatic carbocycles. The van der Waals surface area contributed by atoms with Gasteiger partial charge in [-0.2, -0.15) is 0 Å². The molecule has 0 N–H and O–H groups in total. The van der Waals surface area contributed by atoms with E-state index >= 15 is 0 Å². The molecule has 1 unspecified atom stereocenters. The van der Waals surface area contributed by atoms with E-state index in [2.05, 4.69) is 32.9 Å². The third-order valence-electron chi connectivity index (χ3n) is 13.3. The number of hydrogen-bond donors (Lipinski definition) is 0. The second kappa shape index (κ2) is 54.8. The molecule has 65 heavy (non-hydrogen) atoms. The lowest BCUT2D eigenvalue weighted by atomic mass is 10.0. The number of rotatable bonds is 54. The van der Waals surface area contributed by atoms with Crippen molar-refractivity contribution in [2.45, 2.75) is 335 Å². The Balaban J connectivity index is 4.25. The molecule has 0 aliphatic rings. The van der Waals surface area contributed by atoms with Crippen LogP contribution in [-0.2, 0) is 28.6 Å². The molecule has 0 amide bonds. The lowest BCUT2D eigenvalue weighted by molar-refractivity contribution is -0.167. The van der Waals surface area contributed by atoms with Gasteiger partial charge in [0.05, 0.1) is 0 Å². The predicted octanol–water partition coefficient (Wildman–Crippen LogP) is 19.3. The van der Waals surface area contributed by atoms with Gasteiger partial charge in [-0.05, 0) is 44.9 Å². The van der Waals surface area contributed by atoms with Gasteiger partial charge in [-0.3, -0.25) is 14.4 Å². The molecule has 0 saturated heterocycles. The summed E-state index contributed by atoms with van der Waals surface area (Å²) in [6.07, 6.45) is 62.1. The summed E-state index contributed by atoms with van der Waals surface area (Å²) in [7, 11) is 0. The van der Waals surface area contributed by atoms with Crippen molar-refractivity contribution in [1.29, 1.82) is 0 Å². The van der Waals surface area contributed by atoms with Crippen molar-refractivity contribution >= 4 is 17.9 Å². The zero-order chi connectivity index (χ0) is 47.2. The van der Waals surface area contributed by atoms with Crippen molar-refractivity contribution in [3.8, 4) is 0 Å². The summed E-state index contributed by atoms with van der Waals surface area (Å²) < 4.78 is 16.9. The van der Waals surface area contributed by atoms with Crippen LogP contribution in [0.1, 0.15) is 329 Å². The first-order valence-corrected chi connectivity index (χ1v) is 29.2. The second-order valence-electron chi connectivity index (χ2n) is 19.9. The molecule has 0 aromatic heterocycles. The fourth-order valence-corrected chi connectivity index (χ4v) is 8.85. The Morgan fingerprint density at radius 1 is 0.292 bits per heavy atom. The number of carbonyl (C=O) groups excluding carboxylic acids is 3. The third-order valence-corrected chi connectivity index (χ3v) is 13.3. The summed E-state index contributed by atoms with van der Waals surface area (Å²) in [5, 5.41) is 0. The van der Waals surface area contributed by atoms with E-state index in [1.807, 2.05) is 0 Å². The molecular formula is C59H112O6. The molecule has 0 radical (unpaired) electrons. The SMILES string of the molecule is CCCCCCCCC/C=C\CCCCCCCCCC(=O)OC(COC(=O)CCCCCCCCCCCC)COC(=O)CCCCCCCCCCCCCCCCCCCCC. The molecular weight excluding hydrogens is 805 g/mol. The standard InChI is InChI=1S/C59H112O6/c1-4-7-10-13-16-19-22-24-26-28-30-32-33-35-37-40-43-46-49-52-58(61)64-55-56(54-63-57(60)51-48-45-42-39-21-18-15-12-9-6-3)65-59(62)53-50-47-44-41-38-36-34-31-29-27-25-23-20-17-14-11-8-5-2/h27,29,56H,4-26,28,30-55H2,1-3H3/b29-27-. The molecule has 0 spiro atoms. The molecule has 6 nitrogen and oxygen atoms in total. The highest BCUT2D eigenvalue weighted by molar-refractivity contribution is 5.71. The van der Waals surface area contributed by atoms with Crippen LogP contribution in [-0.4, -0.2) is 37.2 Å². The van der Waals surface area contributed by atoms with Gasteiger partial charge in [0.1, 0.15) is 13.2 Å². The maximum Gasteiger partial charge on any atom is 0.306 e. The van der Waals surface area contributed by atoms with Crippen LogP contribution in [0.25, 0.3) is 0 Å². The highest BCUT2D eigenvalue weighted by Gasteiger charge is 2.19. The largest absolute Gasteiger partial charge is 0.462 e. The topological polar surface area (TPSA) is 78.9 Å². The van der Waals surface area contributed by atoms with Crippen LogP contribution in [0.5, 0.6) is 0 Å². The first-order chi connectivity index (χ1) is 32.0. The van der Waals surface area contributed by atoms with Crippen molar-refractivity contribution in [3.63, 3.8) is 0 Å². The van der Waals surface area contributed by atoms with Gasteiger partial charge < -0.3 is 14.2 Å². The monoisotopic (exact) mass is 917 g/mol. The van der Waals surface area contributed by atoms with Crippen LogP contribution in [0.4, 0.5) is 0 Å². The van der Waals surface area contributed by atoms with Gasteiger partial charge in [-0.25, -0.2) is 0 Å². The van der Waals surface area contributed by atoms with Crippen LogP contribution in [0.2, 0.25) is 0 Å². The lowest BCUT2D eigenvalue weighted by Gasteiger charge is -2.18. The molecule has 0 aliphatic heterocycles. The van der Waals surface area contributed by atoms with E-state index in [0.29, 0.717) is 19.3 Å². The Morgan fingerprint density at radius 2 is 0.508 bits per heavy atom. The van der Waals surface area contributed by atoms with E-state index in [1.54, 1.807) is 0 Å². The summed E-state index contributed by atoms with van der Waals surface area (Å²) >= 11 is 0. The van der Waals surface area contributed by atoms with Gasteiger partial charge in [0.2, 0.25) is 0 Å². The van der Waals surface area contributed by atoms with E-state index in [9.17, 15) is 14.4 Å². The lowest BCUT2D eigenvalue weighted by Crippen LogP contribution is -2.30. The Morgan fingerprint density at radius 3 is 0.769 bits per heavy atom. The number of ether oxygens (including phenoxy) is 3. The second-order valence-corrected chi connectivity index (χ2v) is 19.9. The van der Waals surface area contributed by atoms with Gasteiger partial charge in [0, 0.05) is 19.3 Å². The molecule has 0 bridgehead atoms. The summed E-state index contributed by atoms with van der Waals surface area (Å²) in [4.78, 5) is 38.1. The maximum atomic E-state index is 12.8. The highest BCUT2D eigenvalue weighted by Crippen LogP contribution is 2.17. The minimum atomic E-state index is -0.766. The van der Waals surface area contributed by atoms with Gasteiger partial charge in [0.15, 0.2) is 6.10 Å². The number of hydrogen-bond acceptors (Lipinski definition) is 6. The van der Waals surface area contributed by atoms with Crippen LogP contribution in [0.3, 0.4) is 0 Å². The maximum absolute atomic E-state index is 12.8. The average molecular weight is 918 g/mol. The fraction of sp³-hybridized carbons (Fsp3) is 0.915. The zero-order valence-electron chi connectivity index (χ0n) is 44.0. The molecule has 0 rings (SSSR count). The summed E-state index contributed by atoms with van der Waals surface area (Å²) in [6, 6.07) is 0. The molecule has 1 atom stereocenters. The van der Waals surface area contributed by atoms with Gasteiger partial charge in [-0.1, -0.05) is 277 Å². The molecule has 0 heterocycles. The van der Waals surface area contributed by atoms with Crippen LogP contribution >= 0.6 is 0 Å². The van der Waals surface area contributed by atoms with Crippen molar-refractivity contribution < 1.29 is 28.6 Å². The average Bonchev–Trinajstić information content (AvgIpc) is 3.30. The van der Waals surface area contributed by atoms with E-state index in [-0.39, 0.29) is 31.1 Å². The minimum absolute atomic E-state index is 0.0659. The molecule has 0 aliphatic carbocycles. The third kappa shape index (κ3) is 53.0. The Labute approximate surface area is 405 Å². The van der Waals surface area contributed by atoms with Crippen LogP contribution in [0.15, 0.2) is 12.2 Å². The van der Waals surface area contributed by atoms with E-state index in [4.69, 9.17) is 14.2 Å². The van der Waals surface area contributed by atoms with E-state index < -0.39 is 6.10 Å². The van der Waals surface area contributed by atoms with Gasteiger partial charge in [-0.15, -0.1) is 0 Å². The van der Waals surface area contributed by atoms with Crippen molar-refractivity contribution in [1.82, 2.24) is 0 Å². The van der Waals surface area contributed by atoms with Gasteiger partial charge in [0.25, 0.3) is 0 Å². The van der Waals surface area contributed by atoms with Crippen molar-refractivity contribution in [2.75, 3.05) is 13.2 Å². The minimum Gasteiger partial charge on any atom is -0.462 e. The quantitative estimate of drug-likeness (QED) is 0.0262. The number of allylic oxidation sites excluding steroid dienone is 2. The van der Waals surface area contributed by atoms with Crippen molar-refractivity contribution in [2.24, 2.45) is 0 Å². The summed E-state index contributed by atoms with van der Waals surface area (Å²) in [6.45, 7) is 6.68. The van der Waals surface area contributed by atoms with Crippen molar-refractivity contribution in [3.05, 3.63) is 12.2 Å². The van der Waals surface area contributed by atoms with Crippen LogP contribution < -0.4 is 0 Å². The number of esters is 3. The van der Waals surface area contributed by atoms with Gasteiger partial charge >= 0.3 is 17.9 Å². The summed E-state index contributed by atoms with van der Waals surface area (Å²) in [5.41, 5.74) is 0. The fourth-order valence-electron chi connectivity index (χ4n) is 8.85. The predicted molar refractivity (Wildman–Crippen MR) is 280 cm³/mol. The molecule has 0 saturated carbocycles. The Hall–Kier alpha value is -1.85. The Bertz CT molecular complexity index is 1010. The smallest absolute Gasteiger partial charge is 0.306 e. The molecule has 0 fully saturated rings. The highest BCUT2D eigenvalue weighted by atomic mass is 16.6. The molecule has 0 aromatic rings. The molecule has 384 valence electrons. The summed E-state index contributed by atoms with van der Waals surface area (Å²) in [5.74, 6) is -0.848. The first-order valence-electron chi connectivity index (χ1n) is 29.2. The number of carbonyl (C=O) groups is 3.